The number of hydrogen-bond acceptors (Lipinski definition) is 6. The summed E-state index contributed by atoms with van der Waals surface area (Å²) in [7, 11) is 0. The summed E-state index contributed by atoms with van der Waals surface area (Å²) in [5, 5.41) is 13.6. The molecule has 5 N–H and O–H groups in total. The number of nitrogens with zero attached hydrogens (tertiary/aromatic N) is 1. The number of hydrogen-bond donors (Lipinski definition) is 4. The number of unbranched alkanes of at least 4 members (excludes halogenated alkanes) is 2. The molecule has 136 valence electrons. The third-order valence-corrected chi connectivity index (χ3v) is 3.97. The van der Waals surface area contributed by atoms with E-state index in [1.807, 2.05) is 6.07 Å². The molecule has 2 rings (SSSR count). The number of amides is 1. The summed E-state index contributed by atoms with van der Waals surface area (Å²) in [4.78, 5) is 17.1. The van der Waals surface area contributed by atoms with Gasteiger partial charge in [-0.15, -0.1) is 5.06 Å². The minimum atomic E-state index is -0.0628. The molecule has 1 aliphatic heterocycles. The van der Waals surface area contributed by atoms with Crippen molar-refractivity contribution in [2.24, 2.45) is 0 Å². The maximum Gasteiger partial charge on any atom is 0.260 e. The van der Waals surface area contributed by atoms with Crippen LogP contribution in [0.4, 0.5) is 17.1 Å². The zero-order valence-electron chi connectivity index (χ0n) is 14.4. The molecule has 7 nitrogen and oxygen atoms in total. The zero-order chi connectivity index (χ0) is 18.2. The summed E-state index contributed by atoms with van der Waals surface area (Å²) >= 11 is 0. The molecule has 0 spiro atoms. The highest BCUT2D eigenvalue weighted by atomic mass is 16.7. The van der Waals surface area contributed by atoms with Gasteiger partial charge in [0.1, 0.15) is 5.76 Å². The van der Waals surface area contributed by atoms with Crippen molar-refractivity contribution in [1.29, 1.82) is 0 Å². The summed E-state index contributed by atoms with van der Waals surface area (Å²) in [6.45, 7) is 8.44. The van der Waals surface area contributed by atoms with Crippen LogP contribution in [0.5, 0.6) is 0 Å². The number of nitrogens with one attached hydrogen (secondary N) is 2. The normalized spacial score (nSPS) is 13.9. The molecule has 1 fully saturated rings. The van der Waals surface area contributed by atoms with Crippen LogP contribution in [0.1, 0.15) is 38.5 Å². The van der Waals surface area contributed by atoms with E-state index in [1.54, 1.807) is 12.1 Å². The molecule has 0 bridgehead atoms. The Morgan fingerprint density at radius 2 is 2.08 bits per heavy atom. The fraction of sp³-hybridized carbons (Fsp3) is 0.389. The van der Waals surface area contributed by atoms with Crippen molar-refractivity contribution in [3.05, 3.63) is 42.8 Å². The summed E-state index contributed by atoms with van der Waals surface area (Å²) in [5.74, 6) is 0.516. The molecule has 25 heavy (non-hydrogen) atoms. The Morgan fingerprint density at radius 1 is 1.28 bits per heavy atom. The van der Waals surface area contributed by atoms with Crippen LogP contribution in [0.25, 0.3) is 0 Å². The molecule has 7 heteroatoms. The Hall–Kier alpha value is -2.67. The molecule has 0 aliphatic carbocycles. The largest absolute Gasteiger partial charge is 0.399 e. The first-order chi connectivity index (χ1) is 12.0. The fourth-order valence-electron chi connectivity index (χ4n) is 2.58. The molecular weight excluding hydrogens is 320 g/mol. The van der Waals surface area contributed by atoms with E-state index in [1.165, 1.54) is 5.06 Å². The molecule has 1 amide bonds. The van der Waals surface area contributed by atoms with Crippen molar-refractivity contribution in [3.8, 4) is 0 Å². The van der Waals surface area contributed by atoms with Gasteiger partial charge < -0.3 is 15.9 Å². The molecule has 0 aromatic heterocycles. The van der Waals surface area contributed by atoms with Crippen LogP contribution in [0.2, 0.25) is 0 Å². The number of nitrogen functional groups attached to an aromatic ring is 1. The minimum Gasteiger partial charge on any atom is -0.399 e. The van der Waals surface area contributed by atoms with E-state index in [0.29, 0.717) is 42.1 Å². The van der Waals surface area contributed by atoms with Crippen LogP contribution < -0.4 is 16.5 Å². The second kappa shape index (κ2) is 8.98. The van der Waals surface area contributed by atoms with E-state index in [-0.39, 0.29) is 5.91 Å². The topological polar surface area (TPSA) is 99.8 Å². The number of carbonyl (C=O) groups is 1. The van der Waals surface area contributed by atoms with E-state index >= 15 is 0 Å². The maximum atomic E-state index is 11.6. The number of anilines is 3. The first-order valence-electron chi connectivity index (χ1n) is 8.41. The average molecular weight is 346 g/mol. The number of nitrogens with two attached hydrogens (primary N) is 1. The second-order valence-corrected chi connectivity index (χ2v) is 6.04. The zero-order valence-corrected chi connectivity index (χ0v) is 14.4. The highest BCUT2D eigenvalue weighted by Gasteiger charge is 2.26. The quantitative estimate of drug-likeness (QED) is 0.223. The summed E-state index contributed by atoms with van der Waals surface area (Å²) in [5.41, 5.74) is 10.4. The number of benzene rings is 1. The molecule has 1 aliphatic rings. The van der Waals surface area contributed by atoms with Crippen molar-refractivity contribution < 1.29 is 14.8 Å². The van der Waals surface area contributed by atoms with E-state index in [4.69, 9.17) is 15.8 Å². The Morgan fingerprint density at radius 3 is 2.76 bits per heavy atom. The van der Waals surface area contributed by atoms with E-state index in [0.717, 1.165) is 31.5 Å². The van der Waals surface area contributed by atoms with Crippen LogP contribution in [0, 0.1) is 0 Å². The number of rotatable bonds is 10. The lowest BCUT2D eigenvalue weighted by Crippen LogP contribution is -2.22. The van der Waals surface area contributed by atoms with Crippen LogP contribution in [0.3, 0.4) is 0 Å². The maximum absolute atomic E-state index is 11.6. The van der Waals surface area contributed by atoms with Gasteiger partial charge in [0.2, 0.25) is 0 Å². The molecule has 0 atom stereocenters. The summed E-state index contributed by atoms with van der Waals surface area (Å²) in [6, 6.07) is 5.26. The van der Waals surface area contributed by atoms with E-state index < -0.39 is 0 Å². The van der Waals surface area contributed by atoms with Crippen LogP contribution in [-0.4, -0.2) is 22.7 Å². The SMILES string of the molecule is C=C(CCCCCNc1ccc(N)cc1NO)ON1C(=C)CCC1=O. The first kappa shape index (κ1) is 18.7. The van der Waals surface area contributed by atoms with Gasteiger partial charge in [0.15, 0.2) is 0 Å². The monoisotopic (exact) mass is 346 g/mol. The van der Waals surface area contributed by atoms with Gasteiger partial charge in [-0.1, -0.05) is 19.6 Å². The molecule has 0 saturated carbocycles. The van der Waals surface area contributed by atoms with Gasteiger partial charge in [0, 0.05) is 25.1 Å². The lowest BCUT2D eigenvalue weighted by molar-refractivity contribution is -0.157. The number of allylic oxidation sites excluding steroid dienone is 2. The molecule has 0 radical (unpaired) electrons. The number of carbonyl (C=O) groups excluding carboxylic acids is 1. The molecule has 1 saturated heterocycles. The summed E-state index contributed by atoms with van der Waals surface area (Å²) in [6.07, 6.45) is 4.66. The summed E-state index contributed by atoms with van der Waals surface area (Å²) < 4.78 is 0. The predicted molar refractivity (Wildman–Crippen MR) is 98.7 cm³/mol. The van der Waals surface area contributed by atoms with E-state index in [9.17, 15) is 4.79 Å². The van der Waals surface area contributed by atoms with Gasteiger partial charge in [-0.25, -0.2) is 0 Å². The first-order valence-corrected chi connectivity index (χ1v) is 8.41. The third-order valence-electron chi connectivity index (χ3n) is 3.97. The lowest BCUT2D eigenvalue weighted by Gasteiger charge is -2.19. The highest BCUT2D eigenvalue weighted by molar-refractivity contribution is 5.79. The molecule has 1 heterocycles. The minimum absolute atomic E-state index is 0.0628. The van der Waals surface area contributed by atoms with Gasteiger partial charge >= 0.3 is 0 Å². The molecular formula is C18H26N4O3. The smallest absolute Gasteiger partial charge is 0.260 e. The van der Waals surface area contributed by atoms with Crippen molar-refractivity contribution in [2.75, 3.05) is 23.1 Å². The van der Waals surface area contributed by atoms with Gasteiger partial charge in [0.25, 0.3) is 5.91 Å². The van der Waals surface area contributed by atoms with E-state index in [2.05, 4.69) is 24.0 Å². The van der Waals surface area contributed by atoms with Crippen LogP contribution in [-0.2, 0) is 9.63 Å². The Bertz CT molecular complexity index is 629. The van der Waals surface area contributed by atoms with Crippen LogP contribution in [0.15, 0.2) is 42.8 Å². The fourth-order valence-corrected chi connectivity index (χ4v) is 2.58. The van der Waals surface area contributed by atoms with Gasteiger partial charge in [-0.3, -0.25) is 15.5 Å². The Kier molecular flexibility index (Phi) is 6.71. The second-order valence-electron chi connectivity index (χ2n) is 6.04. The average Bonchev–Trinajstić information content (AvgIpc) is 2.90. The van der Waals surface area contributed by atoms with Crippen molar-refractivity contribution in [1.82, 2.24) is 5.06 Å². The van der Waals surface area contributed by atoms with Crippen LogP contribution >= 0.6 is 0 Å². The van der Waals surface area contributed by atoms with Gasteiger partial charge in [0.05, 0.1) is 17.1 Å². The Balaban J connectivity index is 1.61. The van der Waals surface area contributed by atoms with Gasteiger partial charge in [-0.2, -0.15) is 0 Å². The lowest BCUT2D eigenvalue weighted by atomic mass is 10.1. The van der Waals surface area contributed by atoms with Gasteiger partial charge in [-0.05, 0) is 37.5 Å². The number of hydroxylamine groups is 2. The van der Waals surface area contributed by atoms with Crippen molar-refractivity contribution in [3.63, 3.8) is 0 Å². The Labute approximate surface area is 148 Å². The predicted octanol–water partition coefficient (Wildman–Crippen LogP) is 3.62. The molecule has 0 unspecified atom stereocenters. The van der Waals surface area contributed by atoms with Crippen molar-refractivity contribution >= 4 is 23.0 Å². The highest BCUT2D eigenvalue weighted by Crippen LogP contribution is 2.25. The van der Waals surface area contributed by atoms with Crippen molar-refractivity contribution in [2.45, 2.75) is 38.5 Å². The molecule has 1 aromatic rings. The molecule has 1 aromatic carbocycles. The third kappa shape index (κ3) is 5.42. The standard InChI is InChI=1S/C18H26N4O3/c1-13-7-10-18(23)22(13)25-14(2)6-4-3-5-11-20-16-9-8-15(19)12-17(16)21-24/h8-9,12,20-21,24H,1-7,10-11,19H2.